The fraction of sp³-hybridized carbons (Fsp3) is 0.667. The Morgan fingerprint density at radius 2 is 2.27 bits per heavy atom. The van der Waals surface area contributed by atoms with E-state index in [0.717, 1.165) is 17.8 Å². The second kappa shape index (κ2) is 4.67. The smallest absolute Gasteiger partial charge is 0.241 e. The van der Waals surface area contributed by atoms with Crippen molar-refractivity contribution >= 4 is 23.4 Å². The first-order valence-corrected chi connectivity index (χ1v) is 5.72. The first-order valence-electron chi connectivity index (χ1n) is 4.94. The molecule has 1 fully saturated rings. The van der Waals surface area contributed by atoms with Gasteiger partial charge in [-0.25, -0.2) is 4.98 Å². The number of nitrogens with one attached hydrogen (secondary N) is 1. The van der Waals surface area contributed by atoms with Crippen LogP contribution in [0.1, 0.15) is 17.8 Å². The number of carbonyl (C=O) groups is 1. The number of amides is 1. The zero-order valence-electron chi connectivity index (χ0n) is 8.52. The highest BCUT2D eigenvalue weighted by Gasteiger charge is 2.22. The van der Waals surface area contributed by atoms with Crippen LogP contribution in [0.3, 0.4) is 0 Å². The van der Waals surface area contributed by atoms with Crippen molar-refractivity contribution in [2.45, 2.75) is 19.8 Å². The van der Waals surface area contributed by atoms with Gasteiger partial charge in [0.1, 0.15) is 5.01 Å². The van der Waals surface area contributed by atoms with Gasteiger partial charge < -0.3 is 4.74 Å². The number of rotatable bonds is 2. The molecule has 5 nitrogen and oxygen atoms in total. The lowest BCUT2D eigenvalue weighted by Crippen LogP contribution is -2.28. The number of anilines is 1. The van der Waals surface area contributed by atoms with Crippen molar-refractivity contribution in [3.63, 3.8) is 0 Å². The van der Waals surface area contributed by atoms with Crippen LogP contribution in [0.2, 0.25) is 0 Å². The van der Waals surface area contributed by atoms with Gasteiger partial charge in [-0.15, -0.1) is 0 Å². The van der Waals surface area contributed by atoms with Gasteiger partial charge in [-0.1, -0.05) is 0 Å². The third-order valence-corrected chi connectivity index (χ3v) is 2.97. The summed E-state index contributed by atoms with van der Waals surface area (Å²) in [7, 11) is 0. The number of aryl methyl sites for hydroxylation is 1. The Morgan fingerprint density at radius 1 is 1.53 bits per heavy atom. The van der Waals surface area contributed by atoms with Gasteiger partial charge >= 0.3 is 0 Å². The minimum absolute atomic E-state index is 0.0103. The maximum absolute atomic E-state index is 11.7. The molecule has 0 unspecified atom stereocenters. The van der Waals surface area contributed by atoms with Gasteiger partial charge in [0.15, 0.2) is 0 Å². The van der Waals surface area contributed by atoms with E-state index in [-0.39, 0.29) is 11.8 Å². The Balaban J connectivity index is 1.91. The Bertz CT molecular complexity index is 347. The van der Waals surface area contributed by atoms with Crippen molar-refractivity contribution in [2.24, 2.45) is 5.92 Å². The van der Waals surface area contributed by atoms with Crippen LogP contribution in [0.5, 0.6) is 0 Å². The molecule has 1 aliphatic rings. The van der Waals surface area contributed by atoms with Gasteiger partial charge in [0.25, 0.3) is 0 Å². The van der Waals surface area contributed by atoms with E-state index in [4.69, 9.17) is 4.74 Å². The van der Waals surface area contributed by atoms with Gasteiger partial charge in [0.05, 0.1) is 0 Å². The maximum atomic E-state index is 11.7. The molecular weight excluding hydrogens is 214 g/mol. The maximum Gasteiger partial charge on any atom is 0.241 e. The summed E-state index contributed by atoms with van der Waals surface area (Å²) >= 11 is 1.29. The van der Waals surface area contributed by atoms with Crippen LogP contribution in [-0.2, 0) is 9.53 Å². The first kappa shape index (κ1) is 10.5. The van der Waals surface area contributed by atoms with E-state index >= 15 is 0 Å². The van der Waals surface area contributed by atoms with Crippen LogP contribution in [0, 0.1) is 12.8 Å². The zero-order valence-corrected chi connectivity index (χ0v) is 9.34. The standard InChI is InChI=1S/C9H13N3O2S/c1-6-10-9(12-15-6)11-8(13)7-2-4-14-5-3-7/h7H,2-5H2,1H3,(H,11,12,13). The molecule has 0 aromatic carbocycles. The molecule has 1 amide bonds. The van der Waals surface area contributed by atoms with Crippen molar-refractivity contribution in [3.05, 3.63) is 5.01 Å². The molecule has 0 radical (unpaired) electrons. The third-order valence-electron chi connectivity index (χ3n) is 2.35. The summed E-state index contributed by atoms with van der Waals surface area (Å²) in [6.07, 6.45) is 1.57. The van der Waals surface area contributed by atoms with E-state index in [0.29, 0.717) is 19.2 Å². The average Bonchev–Trinajstić information content (AvgIpc) is 2.65. The number of aromatic nitrogens is 2. The monoisotopic (exact) mass is 227 g/mol. The molecule has 0 atom stereocenters. The molecule has 0 bridgehead atoms. The van der Waals surface area contributed by atoms with E-state index in [1.165, 1.54) is 11.5 Å². The predicted molar refractivity (Wildman–Crippen MR) is 56.8 cm³/mol. The van der Waals surface area contributed by atoms with Gasteiger partial charge in [-0.2, -0.15) is 4.37 Å². The van der Waals surface area contributed by atoms with Crippen molar-refractivity contribution in [2.75, 3.05) is 18.5 Å². The van der Waals surface area contributed by atoms with E-state index < -0.39 is 0 Å². The molecule has 1 aromatic rings. The molecule has 2 heterocycles. The highest BCUT2D eigenvalue weighted by Crippen LogP contribution is 2.17. The largest absolute Gasteiger partial charge is 0.381 e. The Hall–Kier alpha value is -1.01. The molecular formula is C9H13N3O2S. The van der Waals surface area contributed by atoms with Gasteiger partial charge in [0, 0.05) is 19.1 Å². The molecule has 1 aliphatic heterocycles. The van der Waals surface area contributed by atoms with Gasteiger partial charge in [-0.3, -0.25) is 10.1 Å². The van der Waals surface area contributed by atoms with Crippen molar-refractivity contribution in [1.82, 2.24) is 9.36 Å². The molecule has 1 aromatic heterocycles. The lowest BCUT2D eigenvalue weighted by molar-refractivity contribution is -0.122. The Kier molecular flexibility index (Phi) is 3.27. The topological polar surface area (TPSA) is 64.1 Å². The summed E-state index contributed by atoms with van der Waals surface area (Å²) in [5, 5.41) is 3.58. The number of ether oxygens (including phenoxy) is 1. The Morgan fingerprint density at radius 3 is 2.87 bits per heavy atom. The van der Waals surface area contributed by atoms with Crippen LogP contribution < -0.4 is 5.32 Å². The average molecular weight is 227 g/mol. The third kappa shape index (κ3) is 2.73. The number of hydrogen-bond donors (Lipinski definition) is 1. The molecule has 0 aliphatic carbocycles. The molecule has 1 saturated heterocycles. The van der Waals surface area contributed by atoms with E-state index in [1.807, 2.05) is 6.92 Å². The van der Waals surface area contributed by atoms with E-state index in [9.17, 15) is 4.79 Å². The van der Waals surface area contributed by atoms with Crippen LogP contribution >= 0.6 is 11.5 Å². The number of carbonyl (C=O) groups excluding carboxylic acids is 1. The van der Waals surface area contributed by atoms with Gasteiger partial charge in [-0.05, 0) is 31.3 Å². The zero-order chi connectivity index (χ0) is 10.7. The summed E-state index contributed by atoms with van der Waals surface area (Å²) in [5.41, 5.74) is 0. The molecule has 15 heavy (non-hydrogen) atoms. The molecule has 0 saturated carbocycles. The van der Waals surface area contributed by atoms with Crippen LogP contribution in [0.25, 0.3) is 0 Å². The number of hydrogen-bond acceptors (Lipinski definition) is 5. The lowest BCUT2D eigenvalue weighted by atomic mass is 10.00. The SMILES string of the molecule is Cc1nc(NC(=O)C2CCOCC2)ns1. The Labute approximate surface area is 92.0 Å². The summed E-state index contributed by atoms with van der Waals surface area (Å²) in [6.45, 7) is 3.20. The summed E-state index contributed by atoms with van der Waals surface area (Å²) in [6, 6.07) is 0. The van der Waals surface area contributed by atoms with Crippen molar-refractivity contribution in [1.29, 1.82) is 0 Å². The number of nitrogens with zero attached hydrogens (tertiary/aromatic N) is 2. The summed E-state index contributed by atoms with van der Waals surface area (Å²) in [5.74, 6) is 0.479. The van der Waals surface area contributed by atoms with Crippen molar-refractivity contribution in [3.8, 4) is 0 Å². The lowest BCUT2D eigenvalue weighted by Gasteiger charge is -2.20. The highest BCUT2D eigenvalue weighted by atomic mass is 32.1. The fourth-order valence-electron chi connectivity index (χ4n) is 1.52. The second-order valence-corrected chi connectivity index (χ2v) is 4.47. The first-order chi connectivity index (χ1) is 7.25. The van der Waals surface area contributed by atoms with Crippen LogP contribution in [0.4, 0.5) is 5.95 Å². The predicted octanol–water partition coefficient (Wildman–Crippen LogP) is 1.21. The second-order valence-electron chi connectivity index (χ2n) is 3.51. The molecule has 1 N–H and O–H groups in total. The van der Waals surface area contributed by atoms with E-state index in [2.05, 4.69) is 14.7 Å². The fourth-order valence-corrected chi connectivity index (χ4v) is 1.95. The molecule has 0 spiro atoms. The van der Waals surface area contributed by atoms with Crippen LogP contribution in [0.15, 0.2) is 0 Å². The molecule has 6 heteroatoms. The van der Waals surface area contributed by atoms with E-state index in [1.54, 1.807) is 0 Å². The summed E-state index contributed by atoms with van der Waals surface area (Å²) < 4.78 is 9.21. The minimum Gasteiger partial charge on any atom is -0.381 e. The summed E-state index contributed by atoms with van der Waals surface area (Å²) in [4.78, 5) is 15.8. The van der Waals surface area contributed by atoms with Crippen molar-refractivity contribution < 1.29 is 9.53 Å². The van der Waals surface area contributed by atoms with Crippen LogP contribution in [-0.4, -0.2) is 28.5 Å². The minimum atomic E-state index is 0.0103. The molecule has 82 valence electrons. The normalized spacial score (nSPS) is 17.7. The van der Waals surface area contributed by atoms with Gasteiger partial charge in [0.2, 0.25) is 11.9 Å². The highest BCUT2D eigenvalue weighted by molar-refractivity contribution is 7.05. The quantitative estimate of drug-likeness (QED) is 0.824. The molecule has 2 rings (SSSR count).